The molecule has 0 saturated heterocycles. The Hall–Kier alpha value is -0.650. The van der Waals surface area contributed by atoms with E-state index < -0.39 is 0 Å². The summed E-state index contributed by atoms with van der Waals surface area (Å²) in [5, 5.41) is 0. The number of nitrogens with one attached hydrogen (secondary N) is 1. The molecule has 0 aromatic carbocycles. The second kappa shape index (κ2) is 4.21. The maximum absolute atomic E-state index is 4.01. The van der Waals surface area contributed by atoms with Gasteiger partial charge in [-0.3, -0.25) is 4.98 Å². The first kappa shape index (κ1) is 7.46. The average molecular weight is 247 g/mol. The lowest BCUT2D eigenvalue weighted by Gasteiger charge is -1.76. The molecular formula is C6H6IN3. The molecule has 1 N–H and O–H groups in total. The number of halogens is 1. The summed E-state index contributed by atoms with van der Waals surface area (Å²) in [4.78, 5) is 10.8. The summed E-state index contributed by atoms with van der Waals surface area (Å²) in [6, 6.07) is 1.77. The Kier molecular flexibility index (Phi) is 3.14. The van der Waals surface area contributed by atoms with Crippen LogP contribution < -0.4 is 0 Å². The van der Waals surface area contributed by atoms with Gasteiger partial charge in [0.1, 0.15) is 0 Å². The Morgan fingerprint density at radius 3 is 3.10 bits per heavy atom. The monoisotopic (exact) mass is 247 g/mol. The average Bonchev–Trinajstić information content (AvgIpc) is 2.02. The molecule has 0 spiro atoms. The fourth-order valence-corrected chi connectivity index (χ4v) is 0.773. The molecule has 0 aliphatic heterocycles. The maximum Gasteiger partial charge on any atom is 0.168 e. The fraction of sp³-hybridized carbons (Fsp3) is 0. The molecule has 3 nitrogen and oxygen atoms in total. The van der Waals surface area contributed by atoms with Crippen LogP contribution in [0.2, 0.25) is 0 Å². The van der Waals surface area contributed by atoms with Crippen molar-refractivity contribution in [2.45, 2.75) is 0 Å². The third-order valence-corrected chi connectivity index (χ3v) is 1.40. The minimum Gasteiger partial charge on any atom is -0.340 e. The van der Waals surface area contributed by atoms with Crippen molar-refractivity contribution in [2.24, 2.45) is 0 Å². The van der Waals surface area contributed by atoms with Gasteiger partial charge in [-0.05, 0) is 28.7 Å². The van der Waals surface area contributed by atoms with Crippen LogP contribution in [-0.4, -0.2) is 15.0 Å². The van der Waals surface area contributed by atoms with Gasteiger partial charge in [0.15, 0.2) is 3.83 Å². The van der Waals surface area contributed by atoms with Crippen molar-refractivity contribution in [3.8, 4) is 0 Å². The molecule has 52 valence electrons. The molecule has 0 bridgehead atoms. The minimum atomic E-state index is 0.829. The minimum absolute atomic E-state index is 0.829. The van der Waals surface area contributed by atoms with E-state index in [1.807, 2.05) is 0 Å². The van der Waals surface area contributed by atoms with Crippen LogP contribution in [0.5, 0.6) is 0 Å². The summed E-state index contributed by atoms with van der Waals surface area (Å²) in [5.74, 6) is 0. The largest absolute Gasteiger partial charge is 0.340 e. The van der Waals surface area contributed by atoms with Gasteiger partial charge in [0, 0.05) is 24.8 Å². The fourth-order valence-electron chi connectivity index (χ4n) is 0.433. The molecule has 0 saturated carbocycles. The number of rotatable bonds is 0. The van der Waals surface area contributed by atoms with E-state index in [0.717, 1.165) is 3.83 Å². The van der Waals surface area contributed by atoms with Gasteiger partial charge in [-0.2, -0.15) is 0 Å². The second-order valence-corrected chi connectivity index (χ2v) is 2.54. The predicted octanol–water partition coefficient (Wildman–Crippen LogP) is 1.53. The van der Waals surface area contributed by atoms with E-state index in [1.165, 1.54) is 0 Å². The molecule has 0 fully saturated rings. The SMILES string of the molecule is Ic1ncccncc[nH]1. The van der Waals surface area contributed by atoms with Gasteiger partial charge < -0.3 is 4.98 Å². The number of hydrogen-bond donors (Lipinski definition) is 1. The van der Waals surface area contributed by atoms with Gasteiger partial charge in [-0.15, -0.1) is 0 Å². The Labute approximate surface area is 72.4 Å². The molecule has 0 unspecified atom stereocenters. The van der Waals surface area contributed by atoms with Crippen molar-refractivity contribution in [2.75, 3.05) is 0 Å². The van der Waals surface area contributed by atoms with Crippen LogP contribution in [-0.2, 0) is 0 Å². The Morgan fingerprint density at radius 2 is 2.20 bits per heavy atom. The number of nitrogens with zero attached hydrogens (tertiary/aromatic N) is 2. The zero-order chi connectivity index (χ0) is 7.23. The van der Waals surface area contributed by atoms with E-state index in [0.29, 0.717) is 0 Å². The summed E-state index contributed by atoms with van der Waals surface area (Å²) in [7, 11) is 0. The van der Waals surface area contributed by atoms with Gasteiger partial charge in [0.25, 0.3) is 0 Å². The quantitative estimate of drug-likeness (QED) is 0.706. The highest BCUT2D eigenvalue weighted by atomic mass is 127. The Balaban J connectivity index is 3.13. The van der Waals surface area contributed by atoms with Crippen LogP contribution >= 0.6 is 22.6 Å². The molecule has 0 atom stereocenters. The van der Waals surface area contributed by atoms with Crippen LogP contribution in [0, 0.1) is 3.83 Å². The van der Waals surface area contributed by atoms with Crippen LogP contribution in [0.15, 0.2) is 30.9 Å². The normalized spacial score (nSPS) is 8.50. The molecule has 1 aromatic rings. The lowest BCUT2D eigenvalue weighted by Crippen LogP contribution is -1.75. The second-order valence-electron chi connectivity index (χ2n) is 1.52. The summed E-state index contributed by atoms with van der Waals surface area (Å²) in [6.07, 6.45) is 6.76. The van der Waals surface area contributed by atoms with Crippen molar-refractivity contribution in [3.05, 3.63) is 34.7 Å². The molecule has 1 aromatic heterocycles. The smallest absolute Gasteiger partial charge is 0.168 e. The predicted molar refractivity (Wildman–Crippen MR) is 46.7 cm³/mol. The maximum atomic E-state index is 4.01. The first-order chi connectivity index (χ1) is 4.89. The lowest BCUT2D eigenvalue weighted by molar-refractivity contribution is 1.14. The van der Waals surface area contributed by atoms with Crippen molar-refractivity contribution in [3.63, 3.8) is 0 Å². The van der Waals surface area contributed by atoms with Crippen molar-refractivity contribution in [1.29, 1.82) is 0 Å². The van der Waals surface area contributed by atoms with Crippen LogP contribution in [0.1, 0.15) is 0 Å². The molecular weight excluding hydrogens is 241 g/mol. The topological polar surface area (TPSA) is 41.6 Å². The molecule has 0 aliphatic carbocycles. The van der Waals surface area contributed by atoms with Crippen molar-refractivity contribution in [1.82, 2.24) is 15.0 Å². The van der Waals surface area contributed by atoms with Gasteiger partial charge in [-0.1, -0.05) is 0 Å². The summed E-state index contributed by atoms with van der Waals surface area (Å²) < 4.78 is 0.829. The number of hydrogen-bond acceptors (Lipinski definition) is 2. The third kappa shape index (κ3) is 2.77. The molecule has 10 heavy (non-hydrogen) atoms. The van der Waals surface area contributed by atoms with Gasteiger partial charge in [0.2, 0.25) is 0 Å². The molecule has 0 radical (unpaired) electrons. The highest BCUT2D eigenvalue weighted by Gasteiger charge is 1.72. The number of H-pyrrole nitrogens is 1. The summed E-state index contributed by atoms with van der Waals surface area (Å²) in [6.45, 7) is 0. The van der Waals surface area contributed by atoms with Crippen molar-refractivity contribution < 1.29 is 0 Å². The summed E-state index contributed by atoms with van der Waals surface area (Å²) in [5.41, 5.74) is 0. The Morgan fingerprint density at radius 1 is 1.30 bits per heavy atom. The highest BCUT2D eigenvalue weighted by molar-refractivity contribution is 14.1. The van der Waals surface area contributed by atoms with Crippen molar-refractivity contribution >= 4 is 22.6 Å². The first-order valence-corrected chi connectivity index (χ1v) is 3.80. The van der Waals surface area contributed by atoms with Crippen LogP contribution in [0.4, 0.5) is 0 Å². The van der Waals surface area contributed by atoms with Gasteiger partial charge in [-0.25, -0.2) is 4.98 Å². The number of aromatic nitrogens is 3. The van der Waals surface area contributed by atoms with E-state index in [2.05, 4.69) is 37.5 Å². The summed E-state index contributed by atoms with van der Waals surface area (Å²) >= 11 is 2.10. The van der Waals surface area contributed by atoms with E-state index in [-0.39, 0.29) is 0 Å². The molecule has 4 heteroatoms. The first-order valence-electron chi connectivity index (χ1n) is 2.73. The zero-order valence-corrected chi connectivity index (χ0v) is 7.32. The van der Waals surface area contributed by atoms with E-state index in [1.54, 1.807) is 30.9 Å². The Bertz CT molecular complexity index is 220. The highest BCUT2D eigenvalue weighted by Crippen LogP contribution is 1.87. The van der Waals surface area contributed by atoms with Crippen LogP contribution in [0.25, 0.3) is 0 Å². The molecule has 1 heterocycles. The van der Waals surface area contributed by atoms with Gasteiger partial charge in [0.05, 0.1) is 0 Å². The lowest BCUT2D eigenvalue weighted by atomic mass is 10.7. The molecule has 0 aliphatic rings. The van der Waals surface area contributed by atoms with E-state index in [9.17, 15) is 0 Å². The van der Waals surface area contributed by atoms with E-state index in [4.69, 9.17) is 0 Å². The van der Waals surface area contributed by atoms with E-state index >= 15 is 0 Å². The molecule has 0 amide bonds. The zero-order valence-electron chi connectivity index (χ0n) is 5.16. The van der Waals surface area contributed by atoms with Gasteiger partial charge >= 0.3 is 0 Å². The van der Waals surface area contributed by atoms with Crippen LogP contribution in [0.3, 0.4) is 0 Å². The third-order valence-electron chi connectivity index (χ3n) is 0.809. The molecule has 1 rings (SSSR count). The number of aromatic amines is 1. The standard InChI is InChI=1S/C6H6IN3/c7-6-9-3-1-2-8-4-5-10-6/h1-5H,(H,9,10).